The Bertz CT molecular complexity index is 1750. The molecular weight excluding hydrogens is 364 g/mol. The number of hydrogen-bond acceptors (Lipinski definition) is 0. The third-order valence-corrected chi connectivity index (χ3v) is 6.34. The van der Waals surface area contributed by atoms with Crippen molar-refractivity contribution in [3.8, 4) is 11.1 Å². The van der Waals surface area contributed by atoms with E-state index in [1.807, 2.05) is 0 Å². The van der Waals surface area contributed by atoms with Crippen molar-refractivity contribution >= 4 is 54.4 Å². The number of H-pyrrole nitrogens is 2. The van der Waals surface area contributed by atoms with Gasteiger partial charge in [0.2, 0.25) is 0 Å². The molecule has 2 heteroatoms. The maximum atomic E-state index is 3.68. The van der Waals surface area contributed by atoms with Gasteiger partial charge in [-0.3, -0.25) is 0 Å². The molecule has 0 saturated carbocycles. The van der Waals surface area contributed by atoms with E-state index in [4.69, 9.17) is 0 Å². The van der Waals surface area contributed by atoms with E-state index >= 15 is 0 Å². The smallest absolute Gasteiger partial charge is 0.0544 e. The molecule has 0 amide bonds. The van der Waals surface area contributed by atoms with Crippen molar-refractivity contribution < 1.29 is 0 Å². The summed E-state index contributed by atoms with van der Waals surface area (Å²) in [6, 6.07) is 34.9. The lowest BCUT2D eigenvalue weighted by Gasteiger charge is -2.03. The number of rotatable bonds is 1. The largest absolute Gasteiger partial charge is 0.354 e. The van der Waals surface area contributed by atoms with Crippen LogP contribution in [0.15, 0.2) is 97.1 Å². The van der Waals surface area contributed by atoms with Gasteiger partial charge in [-0.05, 0) is 34.7 Å². The number of para-hydroxylation sites is 1. The van der Waals surface area contributed by atoms with E-state index in [1.54, 1.807) is 0 Å². The van der Waals surface area contributed by atoms with Crippen LogP contribution in [-0.2, 0) is 0 Å². The van der Waals surface area contributed by atoms with Crippen molar-refractivity contribution in [1.82, 2.24) is 9.97 Å². The minimum atomic E-state index is 1.18. The highest BCUT2D eigenvalue weighted by Crippen LogP contribution is 2.35. The Morgan fingerprint density at radius 2 is 1.00 bits per heavy atom. The van der Waals surface area contributed by atoms with Crippen LogP contribution in [0.4, 0.5) is 0 Å². The van der Waals surface area contributed by atoms with Gasteiger partial charge in [0.05, 0.1) is 5.52 Å². The highest BCUT2D eigenvalue weighted by Gasteiger charge is 2.10. The van der Waals surface area contributed by atoms with Crippen LogP contribution in [0.25, 0.3) is 65.5 Å². The fraction of sp³-hybridized carbons (Fsp3) is 0. The second-order valence-electron chi connectivity index (χ2n) is 8.03. The minimum Gasteiger partial charge on any atom is -0.354 e. The van der Waals surface area contributed by atoms with E-state index in [0.29, 0.717) is 0 Å². The van der Waals surface area contributed by atoms with Gasteiger partial charge in [-0.2, -0.15) is 0 Å². The second-order valence-corrected chi connectivity index (χ2v) is 8.03. The third-order valence-electron chi connectivity index (χ3n) is 6.34. The Morgan fingerprint density at radius 3 is 1.83 bits per heavy atom. The van der Waals surface area contributed by atoms with Gasteiger partial charge in [0, 0.05) is 43.5 Å². The number of nitrogens with one attached hydrogen (secondary N) is 2. The highest BCUT2D eigenvalue weighted by atomic mass is 14.7. The first-order chi connectivity index (χ1) is 14.8. The second kappa shape index (κ2) is 5.74. The molecule has 140 valence electrons. The fourth-order valence-electron chi connectivity index (χ4n) is 4.86. The molecule has 0 spiro atoms. The monoisotopic (exact) mass is 382 g/mol. The molecule has 7 rings (SSSR count). The summed E-state index contributed by atoms with van der Waals surface area (Å²) < 4.78 is 0. The number of aromatic nitrogens is 2. The first-order valence-corrected chi connectivity index (χ1v) is 10.3. The Kier molecular flexibility index (Phi) is 3.03. The van der Waals surface area contributed by atoms with Gasteiger partial charge in [0.25, 0.3) is 0 Å². The lowest BCUT2D eigenvalue weighted by Crippen LogP contribution is -1.79. The fourth-order valence-corrected chi connectivity index (χ4v) is 4.86. The van der Waals surface area contributed by atoms with E-state index in [0.717, 1.165) is 0 Å². The molecule has 0 radical (unpaired) electrons. The predicted octanol–water partition coefficient (Wildman–Crippen LogP) is 7.78. The van der Waals surface area contributed by atoms with Crippen LogP contribution in [0.5, 0.6) is 0 Å². The molecule has 5 aromatic carbocycles. The third kappa shape index (κ3) is 2.13. The molecule has 2 aromatic heterocycles. The van der Waals surface area contributed by atoms with Crippen molar-refractivity contribution in [3.63, 3.8) is 0 Å². The summed E-state index contributed by atoms with van der Waals surface area (Å²) in [6.45, 7) is 0. The van der Waals surface area contributed by atoms with Gasteiger partial charge in [-0.1, -0.05) is 78.9 Å². The summed E-state index contributed by atoms with van der Waals surface area (Å²) in [5, 5.41) is 7.63. The molecule has 0 aliphatic carbocycles. The average Bonchev–Trinajstić information content (AvgIpc) is 3.36. The van der Waals surface area contributed by atoms with Crippen LogP contribution in [0, 0.1) is 0 Å². The van der Waals surface area contributed by atoms with Crippen LogP contribution in [0.3, 0.4) is 0 Å². The van der Waals surface area contributed by atoms with Crippen LogP contribution >= 0.6 is 0 Å². The van der Waals surface area contributed by atoms with Crippen molar-refractivity contribution in [2.75, 3.05) is 0 Å². The van der Waals surface area contributed by atoms with Crippen LogP contribution in [0.2, 0.25) is 0 Å². The molecule has 0 aliphatic heterocycles. The number of hydrogen-bond donors (Lipinski definition) is 2. The molecule has 0 atom stereocenters. The van der Waals surface area contributed by atoms with E-state index in [-0.39, 0.29) is 0 Å². The maximum Gasteiger partial charge on any atom is 0.0544 e. The molecule has 2 nitrogen and oxygen atoms in total. The van der Waals surface area contributed by atoms with E-state index in [9.17, 15) is 0 Å². The Labute approximate surface area is 172 Å². The van der Waals surface area contributed by atoms with Gasteiger partial charge >= 0.3 is 0 Å². The maximum absolute atomic E-state index is 3.68. The molecule has 0 saturated heterocycles. The Balaban J connectivity index is 1.45. The van der Waals surface area contributed by atoms with Crippen molar-refractivity contribution in [1.29, 1.82) is 0 Å². The van der Waals surface area contributed by atoms with Crippen LogP contribution in [-0.4, -0.2) is 9.97 Å². The zero-order valence-corrected chi connectivity index (χ0v) is 16.2. The first kappa shape index (κ1) is 15.8. The zero-order chi connectivity index (χ0) is 19.7. The molecule has 0 bridgehead atoms. The van der Waals surface area contributed by atoms with Crippen LogP contribution in [0.1, 0.15) is 0 Å². The van der Waals surface area contributed by atoms with Gasteiger partial charge in [-0.15, -0.1) is 0 Å². The molecule has 0 aliphatic rings. The molecule has 0 unspecified atom stereocenters. The van der Waals surface area contributed by atoms with Crippen molar-refractivity contribution in [3.05, 3.63) is 97.1 Å². The summed E-state index contributed by atoms with van der Waals surface area (Å²) in [6.07, 6.45) is 0. The van der Waals surface area contributed by atoms with Gasteiger partial charge in [0.1, 0.15) is 0 Å². The number of fused-ring (bicyclic) bond motifs is 8. The van der Waals surface area contributed by atoms with Crippen molar-refractivity contribution in [2.24, 2.45) is 0 Å². The zero-order valence-electron chi connectivity index (χ0n) is 16.2. The average molecular weight is 382 g/mol. The predicted molar refractivity (Wildman–Crippen MR) is 128 cm³/mol. The van der Waals surface area contributed by atoms with Crippen molar-refractivity contribution in [2.45, 2.75) is 0 Å². The summed E-state index contributed by atoms with van der Waals surface area (Å²) >= 11 is 0. The summed E-state index contributed by atoms with van der Waals surface area (Å²) in [5.74, 6) is 0. The Morgan fingerprint density at radius 1 is 0.400 bits per heavy atom. The van der Waals surface area contributed by atoms with Crippen LogP contribution < -0.4 is 0 Å². The topological polar surface area (TPSA) is 31.6 Å². The summed E-state index contributed by atoms with van der Waals surface area (Å²) in [7, 11) is 0. The van der Waals surface area contributed by atoms with E-state index < -0.39 is 0 Å². The quantitative estimate of drug-likeness (QED) is 0.290. The Hall–Kier alpha value is -4.04. The SMILES string of the molecule is c1ccc2c(c1)ccc1c3ccc(-c4ccc5c(c4)[nH]c4ccccc45)cc3[nH]c21. The summed E-state index contributed by atoms with van der Waals surface area (Å²) in [4.78, 5) is 7.24. The van der Waals surface area contributed by atoms with Gasteiger partial charge in [-0.25, -0.2) is 0 Å². The lowest BCUT2D eigenvalue weighted by atomic mass is 10.0. The number of benzene rings is 5. The molecule has 0 fully saturated rings. The molecule has 7 aromatic rings. The molecule has 2 heterocycles. The van der Waals surface area contributed by atoms with E-state index in [2.05, 4.69) is 107 Å². The highest BCUT2D eigenvalue weighted by molar-refractivity contribution is 6.17. The van der Waals surface area contributed by atoms with Gasteiger partial charge in [0.15, 0.2) is 0 Å². The normalized spacial score (nSPS) is 12.0. The van der Waals surface area contributed by atoms with Gasteiger partial charge < -0.3 is 9.97 Å². The number of aromatic amines is 2. The molecule has 30 heavy (non-hydrogen) atoms. The standard InChI is InChI=1S/C28H18N2/c1-2-6-20-17(5-1)9-14-24-23-13-11-19(16-27(23)30-28(20)24)18-10-12-22-21-7-3-4-8-25(21)29-26(22)15-18/h1-16,29-30H. The molecular formula is C28H18N2. The minimum absolute atomic E-state index is 1.18. The first-order valence-electron chi connectivity index (χ1n) is 10.3. The van der Waals surface area contributed by atoms with E-state index in [1.165, 1.54) is 65.5 Å². The molecule has 2 N–H and O–H groups in total. The summed E-state index contributed by atoms with van der Waals surface area (Å²) in [5.41, 5.74) is 7.19. The lowest BCUT2D eigenvalue weighted by molar-refractivity contribution is 1.53.